The number of benzene rings is 1. The van der Waals surface area contributed by atoms with Crippen molar-refractivity contribution >= 4 is 23.7 Å². The third-order valence-corrected chi connectivity index (χ3v) is 5.56. The maximum Gasteiger partial charge on any atom is 0.319 e. The van der Waals surface area contributed by atoms with E-state index in [1.807, 2.05) is 34.6 Å². The number of hydrogen-bond donors (Lipinski definition) is 4. The van der Waals surface area contributed by atoms with Crippen LogP contribution in [0.1, 0.15) is 51.9 Å². The highest BCUT2D eigenvalue weighted by Gasteiger charge is 2.34. The number of aliphatic hydroxyl groups excluding tert-OH is 1. The summed E-state index contributed by atoms with van der Waals surface area (Å²) in [5.41, 5.74) is 0.734. The molecule has 1 aliphatic rings. The summed E-state index contributed by atoms with van der Waals surface area (Å²) in [4.78, 5) is 41.2. The Morgan fingerprint density at radius 3 is 2.41 bits per heavy atom. The van der Waals surface area contributed by atoms with Crippen molar-refractivity contribution in [3.63, 3.8) is 0 Å². The normalized spacial score (nSPS) is 19.0. The Bertz CT molecular complexity index is 875. The Morgan fingerprint density at radius 2 is 1.82 bits per heavy atom. The van der Waals surface area contributed by atoms with Gasteiger partial charge in [0.05, 0.1) is 24.8 Å². The van der Waals surface area contributed by atoms with Crippen molar-refractivity contribution in [1.82, 2.24) is 20.4 Å². The lowest BCUT2D eigenvalue weighted by atomic mass is 9.99. The zero-order valence-corrected chi connectivity index (χ0v) is 21.2. The Morgan fingerprint density at radius 1 is 1.18 bits per heavy atom. The van der Waals surface area contributed by atoms with E-state index in [9.17, 15) is 19.5 Å². The number of hydrogen-bond acceptors (Lipinski definition) is 5. The Kier molecular flexibility index (Phi) is 9.55. The minimum absolute atomic E-state index is 0.00341. The lowest BCUT2D eigenvalue weighted by molar-refractivity contribution is 0.0366. The Hall–Kier alpha value is -3.01. The Labute approximate surface area is 202 Å². The first-order chi connectivity index (χ1) is 15.9. The number of nitrogens with one attached hydrogen (secondary N) is 3. The summed E-state index contributed by atoms with van der Waals surface area (Å²) in [5, 5.41) is 18.1. The first-order valence-corrected chi connectivity index (χ1v) is 11.7. The van der Waals surface area contributed by atoms with E-state index in [1.54, 1.807) is 42.0 Å². The minimum atomic E-state index is -0.413. The first kappa shape index (κ1) is 27.2. The predicted octanol–water partition coefficient (Wildman–Crippen LogP) is 2.49. The van der Waals surface area contributed by atoms with Crippen LogP contribution < -0.4 is 20.7 Å². The molecular weight excluding hydrogens is 438 g/mol. The summed E-state index contributed by atoms with van der Waals surface area (Å²) in [6.45, 7) is 11.7. The second-order valence-electron chi connectivity index (χ2n) is 9.57. The van der Waals surface area contributed by atoms with Crippen molar-refractivity contribution in [1.29, 1.82) is 0 Å². The van der Waals surface area contributed by atoms with Crippen LogP contribution in [-0.2, 0) is 0 Å². The van der Waals surface area contributed by atoms with Crippen molar-refractivity contribution < 1.29 is 24.2 Å². The van der Waals surface area contributed by atoms with Crippen LogP contribution in [0.2, 0.25) is 0 Å². The van der Waals surface area contributed by atoms with Crippen LogP contribution >= 0.6 is 0 Å². The van der Waals surface area contributed by atoms with Crippen LogP contribution in [0.3, 0.4) is 0 Å². The molecule has 4 N–H and O–H groups in total. The van der Waals surface area contributed by atoms with Crippen LogP contribution in [0, 0.1) is 5.92 Å². The minimum Gasteiger partial charge on any atom is -0.487 e. The average molecular weight is 478 g/mol. The molecule has 0 radical (unpaired) electrons. The fraction of sp³-hybridized carbons (Fsp3) is 0.625. The van der Waals surface area contributed by atoms with Gasteiger partial charge in [-0.3, -0.25) is 4.79 Å². The number of fused-ring (bicyclic) bond motifs is 1. The van der Waals surface area contributed by atoms with Gasteiger partial charge in [0.2, 0.25) is 0 Å². The highest BCUT2D eigenvalue weighted by Crippen LogP contribution is 2.30. The van der Waals surface area contributed by atoms with Crippen LogP contribution in [0.15, 0.2) is 18.2 Å². The second-order valence-corrected chi connectivity index (χ2v) is 9.57. The summed E-state index contributed by atoms with van der Waals surface area (Å²) >= 11 is 0. The van der Waals surface area contributed by atoms with Gasteiger partial charge in [-0.2, -0.15) is 0 Å². The predicted molar refractivity (Wildman–Crippen MR) is 131 cm³/mol. The molecule has 10 nitrogen and oxygen atoms in total. The Balaban J connectivity index is 2.38. The second kappa shape index (κ2) is 11.9. The molecule has 0 aliphatic carbocycles. The van der Waals surface area contributed by atoms with Gasteiger partial charge in [0, 0.05) is 37.3 Å². The van der Waals surface area contributed by atoms with E-state index in [2.05, 4.69) is 16.0 Å². The quantitative estimate of drug-likeness (QED) is 0.480. The van der Waals surface area contributed by atoms with Crippen molar-refractivity contribution in [2.75, 3.05) is 32.1 Å². The fourth-order valence-electron chi connectivity index (χ4n) is 3.66. The van der Waals surface area contributed by atoms with E-state index in [-0.39, 0.29) is 48.1 Å². The van der Waals surface area contributed by atoms with Crippen LogP contribution in [0.5, 0.6) is 5.75 Å². The van der Waals surface area contributed by atoms with Gasteiger partial charge in [0.1, 0.15) is 11.9 Å². The average Bonchev–Trinajstić information content (AvgIpc) is 2.74. The summed E-state index contributed by atoms with van der Waals surface area (Å²) < 4.78 is 6.27. The highest BCUT2D eigenvalue weighted by molar-refractivity contribution is 5.99. The standard InChI is InChI=1S/C24H39N5O5/c1-14(2)25-23(32)27-18-8-9-20-19(10-18)22(31)29(17(6)13-30)11-16(5)21(34-20)12-28(7)24(33)26-15(3)4/h8-10,14-17,21,30H,11-13H2,1-7H3,(H,26,33)(H2,25,27,32)/t16-,17-,21+/m1/s1. The highest BCUT2D eigenvalue weighted by atomic mass is 16.5. The van der Waals surface area contributed by atoms with Gasteiger partial charge in [0.25, 0.3) is 5.91 Å². The van der Waals surface area contributed by atoms with Crippen LogP contribution in [0.25, 0.3) is 0 Å². The van der Waals surface area contributed by atoms with E-state index < -0.39 is 12.1 Å². The van der Waals surface area contributed by atoms with Crippen LogP contribution in [-0.4, -0.2) is 83.8 Å². The molecule has 0 fully saturated rings. The number of carbonyl (C=O) groups excluding carboxylic acids is 3. The molecule has 34 heavy (non-hydrogen) atoms. The molecule has 0 bridgehead atoms. The number of anilines is 1. The first-order valence-electron chi connectivity index (χ1n) is 11.7. The molecule has 1 aliphatic heterocycles. The molecular formula is C24H39N5O5. The number of ether oxygens (including phenoxy) is 1. The van der Waals surface area contributed by atoms with Crippen LogP contribution in [0.4, 0.5) is 15.3 Å². The van der Waals surface area contributed by atoms with Crippen molar-refractivity contribution in [3.8, 4) is 5.75 Å². The molecule has 5 amide bonds. The number of rotatable bonds is 7. The SMILES string of the molecule is CC(C)NC(=O)Nc1ccc2c(c1)C(=O)N([C@H](C)CO)C[C@@H](C)[C@H](CN(C)C(=O)NC(C)C)O2. The van der Waals surface area contributed by atoms with Gasteiger partial charge in [-0.15, -0.1) is 0 Å². The molecule has 10 heteroatoms. The maximum absolute atomic E-state index is 13.4. The molecule has 0 aromatic heterocycles. The summed E-state index contributed by atoms with van der Waals surface area (Å²) in [5.74, 6) is -0.0418. The molecule has 1 heterocycles. The molecule has 0 saturated heterocycles. The topological polar surface area (TPSA) is 123 Å². The van der Waals surface area contributed by atoms with Gasteiger partial charge in [0.15, 0.2) is 0 Å². The number of carbonyl (C=O) groups is 3. The van der Waals surface area contributed by atoms with E-state index in [4.69, 9.17) is 4.74 Å². The zero-order chi connectivity index (χ0) is 25.6. The van der Waals surface area contributed by atoms with E-state index in [0.717, 1.165) is 0 Å². The fourth-order valence-corrected chi connectivity index (χ4v) is 3.66. The number of nitrogens with zero attached hydrogens (tertiary/aromatic N) is 2. The molecule has 3 atom stereocenters. The van der Waals surface area contributed by atoms with Gasteiger partial charge in [-0.1, -0.05) is 6.92 Å². The molecule has 2 rings (SSSR count). The number of likely N-dealkylation sites (N-methyl/N-ethyl adjacent to an activating group) is 1. The maximum atomic E-state index is 13.4. The van der Waals surface area contributed by atoms with Gasteiger partial charge in [-0.25, -0.2) is 9.59 Å². The van der Waals surface area contributed by atoms with Crippen molar-refractivity contribution in [2.45, 2.75) is 65.8 Å². The van der Waals surface area contributed by atoms with Crippen molar-refractivity contribution in [3.05, 3.63) is 23.8 Å². The van der Waals surface area contributed by atoms with Gasteiger partial charge in [-0.05, 0) is 52.8 Å². The summed E-state index contributed by atoms with van der Waals surface area (Å²) in [6, 6.07) is 3.87. The van der Waals surface area contributed by atoms with Gasteiger partial charge < -0.3 is 35.6 Å². The smallest absolute Gasteiger partial charge is 0.319 e. The molecule has 1 aromatic carbocycles. The molecule has 0 spiro atoms. The van der Waals surface area contributed by atoms with Gasteiger partial charge >= 0.3 is 12.1 Å². The number of urea groups is 2. The number of amides is 5. The molecule has 0 unspecified atom stereocenters. The lowest BCUT2D eigenvalue weighted by Gasteiger charge is -2.38. The third kappa shape index (κ3) is 7.24. The molecule has 1 aromatic rings. The third-order valence-electron chi connectivity index (χ3n) is 5.56. The van der Waals surface area contributed by atoms with E-state index in [0.29, 0.717) is 24.5 Å². The lowest BCUT2D eigenvalue weighted by Crippen LogP contribution is -2.51. The van der Waals surface area contributed by atoms with E-state index in [1.165, 1.54) is 0 Å². The molecule has 190 valence electrons. The monoisotopic (exact) mass is 477 g/mol. The van der Waals surface area contributed by atoms with Crippen molar-refractivity contribution in [2.24, 2.45) is 5.92 Å². The van der Waals surface area contributed by atoms with E-state index >= 15 is 0 Å². The summed E-state index contributed by atoms with van der Waals surface area (Å²) in [6.07, 6.45) is -0.397. The molecule has 0 saturated carbocycles. The summed E-state index contributed by atoms with van der Waals surface area (Å²) in [7, 11) is 1.70. The largest absolute Gasteiger partial charge is 0.487 e. The zero-order valence-electron chi connectivity index (χ0n) is 21.2. The number of aliphatic hydroxyl groups is 1.